The van der Waals surface area contributed by atoms with E-state index in [1.807, 2.05) is 0 Å². The molecule has 7 heteroatoms. The minimum Gasteiger partial charge on any atom is -0.458 e. The number of hydrogen-bond acceptors (Lipinski definition) is 5. The highest BCUT2D eigenvalue weighted by Gasteiger charge is 2.49. The number of unbranched alkanes of at least 4 members (excludes halogenated alkanes) is 3. The third kappa shape index (κ3) is 11.3. The highest BCUT2D eigenvalue weighted by atomic mass is 16.5. The lowest BCUT2D eigenvalue weighted by Gasteiger charge is -2.47. The van der Waals surface area contributed by atoms with Gasteiger partial charge in [-0.05, 0) is 139 Å². The number of anilines is 12. The summed E-state index contributed by atoms with van der Waals surface area (Å²) in [4.78, 5) is 10.3. The summed E-state index contributed by atoms with van der Waals surface area (Å²) in [6.07, 6.45) is 5.46. The van der Waals surface area contributed by atoms with Gasteiger partial charge in [-0.15, -0.1) is 0 Å². The van der Waals surface area contributed by atoms with Crippen molar-refractivity contribution in [1.82, 2.24) is 0 Å². The second-order valence-electron chi connectivity index (χ2n) is 29.1. The molecule has 20 rings (SSSR count). The fraction of sp³-hybridized carbons (Fsp3) is 0.0588. The van der Waals surface area contributed by atoms with E-state index in [1.54, 1.807) is 0 Å². The van der Waals surface area contributed by atoms with Gasteiger partial charge in [-0.2, -0.15) is 0 Å². The van der Waals surface area contributed by atoms with E-state index >= 15 is 0 Å². The molecule has 0 fully saturated rings. The quantitative estimate of drug-likeness (QED) is 0.0667. The average molecular weight is 1400 g/mol. The zero-order valence-corrected chi connectivity index (χ0v) is 60.8. The number of benzene rings is 16. The minimum atomic E-state index is -0.288. The third-order valence-electron chi connectivity index (χ3n) is 22.7. The van der Waals surface area contributed by atoms with Crippen LogP contribution >= 0.6 is 0 Å². The molecule has 0 atom stereocenters. The van der Waals surface area contributed by atoms with Crippen molar-refractivity contribution in [1.29, 1.82) is 0 Å². The van der Waals surface area contributed by atoms with Crippen LogP contribution in [0.1, 0.15) is 38.2 Å². The SMILES string of the molecule is CCCCCCc1cc2c3c(c1)N(c1c(-c4ccccc4)cccc1-c1ccccc1)c1cc4c(cc1B3c1ccccc1N2c1c(-c2ccccc2)cccc1-c1ccccc1)B1c2ccccc2N(c2c(-c3ccccc3)cccc2-c2ccccc2)c2cc(N(c3ccccc3)c3ccccc3)cc(c21)O4. The van der Waals surface area contributed by atoms with Gasteiger partial charge in [0.1, 0.15) is 11.5 Å². The molecule has 4 heterocycles. The van der Waals surface area contributed by atoms with Crippen molar-refractivity contribution in [2.24, 2.45) is 0 Å². The Morgan fingerprint density at radius 3 is 1.00 bits per heavy atom. The molecule has 5 nitrogen and oxygen atoms in total. The van der Waals surface area contributed by atoms with Crippen molar-refractivity contribution in [3.8, 4) is 78.3 Å². The van der Waals surface area contributed by atoms with E-state index in [1.165, 1.54) is 39.5 Å². The Hall–Kier alpha value is -13.4. The molecule has 0 unspecified atom stereocenters. The second kappa shape index (κ2) is 27.8. The van der Waals surface area contributed by atoms with E-state index < -0.39 is 0 Å². The molecule has 0 saturated carbocycles. The molecule has 109 heavy (non-hydrogen) atoms. The number of fused-ring (bicyclic) bond motifs is 8. The highest BCUT2D eigenvalue weighted by molar-refractivity contribution is 7.02. The van der Waals surface area contributed by atoms with Gasteiger partial charge in [-0.1, -0.05) is 342 Å². The Kier molecular flexibility index (Phi) is 16.7. The van der Waals surface area contributed by atoms with Crippen molar-refractivity contribution < 1.29 is 4.74 Å². The van der Waals surface area contributed by atoms with Gasteiger partial charge >= 0.3 is 0 Å². The summed E-state index contributed by atoms with van der Waals surface area (Å²) in [6, 6.07) is 142. The zero-order valence-electron chi connectivity index (χ0n) is 60.8. The van der Waals surface area contributed by atoms with E-state index in [0.717, 1.165) is 177 Å². The monoisotopic (exact) mass is 1390 g/mol. The molecule has 4 aliphatic heterocycles. The minimum absolute atomic E-state index is 0.244. The Balaban J connectivity index is 0.909. The van der Waals surface area contributed by atoms with Crippen LogP contribution < -0.4 is 57.1 Å². The Bertz CT molecular complexity index is 5870. The van der Waals surface area contributed by atoms with Gasteiger partial charge in [-0.25, -0.2) is 0 Å². The molecule has 4 aliphatic rings. The van der Waals surface area contributed by atoms with Crippen LogP contribution in [0, 0.1) is 0 Å². The topological polar surface area (TPSA) is 22.2 Å². The van der Waals surface area contributed by atoms with Crippen LogP contribution in [0.4, 0.5) is 68.2 Å². The van der Waals surface area contributed by atoms with Crippen molar-refractivity contribution in [2.45, 2.75) is 39.0 Å². The fourth-order valence-electron chi connectivity index (χ4n) is 18.0. The van der Waals surface area contributed by atoms with Gasteiger partial charge < -0.3 is 24.3 Å². The van der Waals surface area contributed by atoms with Crippen LogP contribution in [0.2, 0.25) is 0 Å². The number of nitrogens with zero attached hydrogens (tertiary/aromatic N) is 4. The number of ether oxygens (including phenoxy) is 1. The van der Waals surface area contributed by atoms with Crippen molar-refractivity contribution in [3.05, 3.63) is 388 Å². The summed E-state index contributed by atoms with van der Waals surface area (Å²) in [5.41, 5.74) is 35.3. The van der Waals surface area contributed by atoms with E-state index in [2.05, 4.69) is 409 Å². The largest absolute Gasteiger partial charge is 0.458 e. The van der Waals surface area contributed by atoms with Crippen LogP contribution in [0.15, 0.2) is 382 Å². The van der Waals surface area contributed by atoms with E-state index in [-0.39, 0.29) is 13.4 Å². The van der Waals surface area contributed by atoms with Gasteiger partial charge in [0.25, 0.3) is 13.4 Å². The molecule has 0 aliphatic carbocycles. The molecule has 0 N–H and O–H groups in total. The standard InChI is InChI=1S/C102H76B2N4O/c1-2-3-4-13-37-70-64-93-98-94(65-70)108(102-84(75-46-22-9-23-47-75)58-36-59-85(102)76-48-24-10-25-49-76)92-69-96-89(68-88(92)103(98)86-60-30-32-62-90(86)106(93)100-80(71-38-14-5-15-39-71)54-34-55-81(100)72-40-16-6-17-41-72)104-87-61-31-33-63-91(87)107(101-82(73-42-18-7-19-43-73)56-35-57-83(101)74-44-20-8-21-45-74)95-66-79(67-97(109-96)99(95)104)105(77-50-26-11-27-51-77)78-52-28-12-29-53-78/h5-12,14-36,38-69H,2-4,13,37H2,1H3. The van der Waals surface area contributed by atoms with Crippen molar-refractivity contribution in [2.75, 3.05) is 19.6 Å². The Morgan fingerprint density at radius 1 is 0.257 bits per heavy atom. The van der Waals surface area contributed by atoms with Gasteiger partial charge in [-0.3, -0.25) is 0 Å². The van der Waals surface area contributed by atoms with Gasteiger partial charge in [0, 0.05) is 91.0 Å². The maximum Gasteiger partial charge on any atom is 0.256 e. The van der Waals surface area contributed by atoms with Crippen molar-refractivity contribution in [3.63, 3.8) is 0 Å². The van der Waals surface area contributed by atoms with E-state index in [9.17, 15) is 0 Å². The molecule has 0 radical (unpaired) electrons. The molecule has 0 bridgehead atoms. The molecule has 16 aromatic rings. The summed E-state index contributed by atoms with van der Waals surface area (Å²) in [5.74, 6) is 1.62. The van der Waals surface area contributed by atoms with Crippen LogP contribution in [0.5, 0.6) is 11.5 Å². The van der Waals surface area contributed by atoms with Crippen LogP contribution in [-0.2, 0) is 6.42 Å². The Labute approximate surface area is 639 Å². The van der Waals surface area contributed by atoms with Crippen LogP contribution in [0.25, 0.3) is 66.8 Å². The molecule has 0 amide bonds. The first kappa shape index (κ1) is 65.2. The van der Waals surface area contributed by atoms with Gasteiger partial charge in [0.15, 0.2) is 0 Å². The summed E-state index contributed by atoms with van der Waals surface area (Å²) in [6.45, 7) is 1.78. The van der Waals surface area contributed by atoms with Crippen LogP contribution in [0.3, 0.4) is 0 Å². The number of hydrogen-bond donors (Lipinski definition) is 0. The molecule has 0 spiro atoms. The lowest BCUT2D eigenvalue weighted by molar-refractivity contribution is 0.488. The van der Waals surface area contributed by atoms with E-state index in [0.29, 0.717) is 0 Å². The maximum atomic E-state index is 8.16. The summed E-state index contributed by atoms with van der Waals surface area (Å²) in [7, 11) is 0. The van der Waals surface area contributed by atoms with Crippen molar-refractivity contribution >= 4 is 114 Å². The summed E-state index contributed by atoms with van der Waals surface area (Å²) < 4.78 is 8.16. The lowest BCUT2D eigenvalue weighted by Crippen LogP contribution is -2.64. The maximum absolute atomic E-state index is 8.16. The predicted octanol–water partition coefficient (Wildman–Crippen LogP) is 23.8. The number of aryl methyl sites for hydroxylation is 1. The smallest absolute Gasteiger partial charge is 0.256 e. The Morgan fingerprint density at radius 2 is 0.606 bits per heavy atom. The van der Waals surface area contributed by atoms with Crippen LogP contribution in [-0.4, -0.2) is 13.4 Å². The first-order valence-corrected chi connectivity index (χ1v) is 38.5. The molecule has 16 aromatic carbocycles. The first-order chi connectivity index (χ1) is 54.1. The second-order valence-corrected chi connectivity index (χ2v) is 29.1. The van der Waals surface area contributed by atoms with E-state index in [4.69, 9.17) is 4.74 Å². The molecular weight excluding hydrogens is 1320 g/mol. The third-order valence-corrected chi connectivity index (χ3v) is 22.7. The number of para-hydroxylation sites is 7. The summed E-state index contributed by atoms with van der Waals surface area (Å²) >= 11 is 0. The van der Waals surface area contributed by atoms with Gasteiger partial charge in [0.2, 0.25) is 0 Å². The zero-order chi connectivity index (χ0) is 72.3. The number of rotatable bonds is 17. The lowest BCUT2D eigenvalue weighted by atomic mass is 9.30. The average Bonchev–Trinajstić information content (AvgIpc) is 0.684. The molecule has 0 saturated heterocycles. The summed E-state index contributed by atoms with van der Waals surface area (Å²) in [5, 5.41) is 0. The first-order valence-electron chi connectivity index (χ1n) is 38.5. The molecular formula is C102H76B2N4O. The predicted molar refractivity (Wildman–Crippen MR) is 461 cm³/mol. The fourth-order valence-corrected chi connectivity index (χ4v) is 18.0. The molecule has 0 aromatic heterocycles. The normalized spacial score (nSPS) is 12.6. The highest BCUT2D eigenvalue weighted by Crippen LogP contribution is 2.56. The van der Waals surface area contributed by atoms with Gasteiger partial charge in [0.05, 0.1) is 22.7 Å². The molecule has 516 valence electrons.